The molecule has 0 saturated heterocycles. The first-order chi connectivity index (χ1) is 7.75. The summed E-state index contributed by atoms with van der Waals surface area (Å²) in [7, 11) is 0. The molecular weight excluding hydrogens is 204 g/mol. The molecule has 0 aliphatic carbocycles. The minimum Gasteiger partial charge on any atom is -0.472 e. The Balaban J connectivity index is 1.85. The van der Waals surface area contributed by atoms with E-state index < -0.39 is 0 Å². The van der Waals surface area contributed by atoms with E-state index in [1.165, 1.54) is 0 Å². The Bertz CT molecular complexity index is 396. The summed E-state index contributed by atoms with van der Waals surface area (Å²) in [5, 5.41) is 7.55. The summed E-state index contributed by atoms with van der Waals surface area (Å²) in [6.45, 7) is 5.04. The molecule has 0 aliphatic heterocycles. The summed E-state index contributed by atoms with van der Waals surface area (Å²) in [5.41, 5.74) is 1.16. The third-order valence-electron chi connectivity index (χ3n) is 2.51. The number of nitrogens with zero attached hydrogens (tertiary/aromatic N) is 3. The van der Waals surface area contributed by atoms with Crippen molar-refractivity contribution in [2.75, 3.05) is 0 Å². The predicted octanol–water partition coefficient (Wildman–Crippen LogP) is 1.61. The van der Waals surface area contributed by atoms with Crippen molar-refractivity contribution in [3.63, 3.8) is 0 Å². The lowest BCUT2D eigenvalue weighted by molar-refractivity contribution is 0.410. The average molecular weight is 220 g/mol. The molecule has 0 saturated carbocycles. The van der Waals surface area contributed by atoms with Gasteiger partial charge in [0.05, 0.1) is 19.1 Å². The van der Waals surface area contributed by atoms with E-state index in [0.29, 0.717) is 6.04 Å². The van der Waals surface area contributed by atoms with Gasteiger partial charge in [-0.3, -0.25) is 4.68 Å². The molecule has 2 aromatic rings. The Labute approximate surface area is 94.5 Å². The first-order valence-corrected chi connectivity index (χ1v) is 5.36. The largest absolute Gasteiger partial charge is 0.472 e. The van der Waals surface area contributed by atoms with Crippen LogP contribution in [0.25, 0.3) is 0 Å². The molecule has 2 aromatic heterocycles. The Morgan fingerprint density at radius 3 is 3.00 bits per heavy atom. The van der Waals surface area contributed by atoms with Gasteiger partial charge in [-0.05, 0) is 19.9 Å². The number of aromatic nitrogens is 3. The summed E-state index contributed by atoms with van der Waals surface area (Å²) < 4.78 is 6.87. The van der Waals surface area contributed by atoms with Crippen LogP contribution in [0, 0.1) is 0 Å². The van der Waals surface area contributed by atoms with Gasteiger partial charge in [-0.2, -0.15) is 5.10 Å². The van der Waals surface area contributed by atoms with Gasteiger partial charge in [0, 0.05) is 17.6 Å². The fourth-order valence-corrected chi connectivity index (χ4v) is 1.70. The zero-order valence-corrected chi connectivity index (χ0v) is 9.50. The molecule has 0 aromatic carbocycles. The van der Waals surface area contributed by atoms with E-state index in [-0.39, 0.29) is 6.04 Å². The van der Waals surface area contributed by atoms with Crippen LogP contribution < -0.4 is 5.32 Å². The molecular formula is C11H16N4O. The Kier molecular flexibility index (Phi) is 3.36. The van der Waals surface area contributed by atoms with Gasteiger partial charge in [-0.1, -0.05) is 0 Å². The highest BCUT2D eigenvalue weighted by Crippen LogP contribution is 2.13. The van der Waals surface area contributed by atoms with Crippen molar-refractivity contribution >= 4 is 0 Å². The van der Waals surface area contributed by atoms with Crippen molar-refractivity contribution in [2.24, 2.45) is 0 Å². The SMILES string of the molecule is CC(Cn1cncn1)NC(C)c1ccoc1. The van der Waals surface area contributed by atoms with E-state index in [0.717, 1.165) is 12.1 Å². The lowest BCUT2D eigenvalue weighted by Gasteiger charge is -2.18. The van der Waals surface area contributed by atoms with Gasteiger partial charge in [-0.25, -0.2) is 4.98 Å². The van der Waals surface area contributed by atoms with Gasteiger partial charge in [0.2, 0.25) is 0 Å². The zero-order chi connectivity index (χ0) is 11.4. The van der Waals surface area contributed by atoms with Crippen molar-refractivity contribution in [2.45, 2.75) is 32.5 Å². The number of nitrogens with one attached hydrogen (secondary N) is 1. The molecule has 0 aliphatic rings. The molecule has 2 unspecified atom stereocenters. The van der Waals surface area contributed by atoms with Crippen LogP contribution in [0.3, 0.4) is 0 Å². The third-order valence-corrected chi connectivity index (χ3v) is 2.51. The second-order valence-electron chi connectivity index (χ2n) is 3.96. The van der Waals surface area contributed by atoms with Crippen LogP contribution >= 0.6 is 0 Å². The molecule has 0 amide bonds. The first kappa shape index (κ1) is 10.9. The topological polar surface area (TPSA) is 55.9 Å². The van der Waals surface area contributed by atoms with Crippen molar-refractivity contribution in [1.29, 1.82) is 0 Å². The van der Waals surface area contributed by atoms with Crippen LogP contribution in [0.15, 0.2) is 35.7 Å². The summed E-state index contributed by atoms with van der Waals surface area (Å²) in [5.74, 6) is 0. The maximum atomic E-state index is 5.06. The summed E-state index contributed by atoms with van der Waals surface area (Å²) in [6.07, 6.45) is 6.72. The van der Waals surface area contributed by atoms with Crippen LogP contribution in [0.2, 0.25) is 0 Å². The van der Waals surface area contributed by atoms with Crippen LogP contribution in [0.5, 0.6) is 0 Å². The average Bonchev–Trinajstić information content (AvgIpc) is 2.88. The Morgan fingerprint density at radius 2 is 2.38 bits per heavy atom. The fraction of sp³-hybridized carbons (Fsp3) is 0.455. The zero-order valence-electron chi connectivity index (χ0n) is 9.50. The highest BCUT2D eigenvalue weighted by molar-refractivity contribution is 5.10. The molecule has 5 heteroatoms. The fourth-order valence-electron chi connectivity index (χ4n) is 1.70. The minimum absolute atomic E-state index is 0.275. The molecule has 2 heterocycles. The predicted molar refractivity (Wildman–Crippen MR) is 59.7 cm³/mol. The van der Waals surface area contributed by atoms with E-state index in [9.17, 15) is 0 Å². The molecule has 86 valence electrons. The normalized spacial score (nSPS) is 14.9. The molecule has 0 bridgehead atoms. The molecule has 0 radical (unpaired) electrons. The molecule has 2 rings (SSSR count). The molecule has 0 fully saturated rings. The van der Waals surface area contributed by atoms with E-state index in [4.69, 9.17) is 4.42 Å². The van der Waals surface area contributed by atoms with E-state index >= 15 is 0 Å². The van der Waals surface area contributed by atoms with E-state index in [2.05, 4.69) is 29.2 Å². The lowest BCUT2D eigenvalue weighted by atomic mass is 10.1. The molecule has 1 N–H and O–H groups in total. The molecule has 16 heavy (non-hydrogen) atoms. The van der Waals surface area contributed by atoms with Crippen molar-refractivity contribution in [3.05, 3.63) is 36.8 Å². The number of furan rings is 1. The minimum atomic E-state index is 0.275. The summed E-state index contributed by atoms with van der Waals surface area (Å²) in [6, 6.07) is 2.57. The van der Waals surface area contributed by atoms with E-state index in [1.54, 1.807) is 25.2 Å². The number of hydrogen-bond acceptors (Lipinski definition) is 4. The highest BCUT2D eigenvalue weighted by atomic mass is 16.3. The van der Waals surface area contributed by atoms with Crippen molar-refractivity contribution < 1.29 is 4.42 Å². The van der Waals surface area contributed by atoms with Crippen LogP contribution in [-0.4, -0.2) is 20.8 Å². The second kappa shape index (κ2) is 4.94. The molecule has 0 spiro atoms. The lowest BCUT2D eigenvalue weighted by Crippen LogP contribution is -2.32. The summed E-state index contributed by atoms with van der Waals surface area (Å²) >= 11 is 0. The second-order valence-corrected chi connectivity index (χ2v) is 3.96. The standard InChI is InChI=1S/C11H16N4O/c1-9(5-15-8-12-7-13-15)14-10(2)11-3-4-16-6-11/h3-4,6-10,14H,5H2,1-2H3. The quantitative estimate of drug-likeness (QED) is 0.831. The Morgan fingerprint density at radius 1 is 1.50 bits per heavy atom. The molecule has 2 atom stereocenters. The van der Waals surface area contributed by atoms with Crippen LogP contribution in [0.4, 0.5) is 0 Å². The smallest absolute Gasteiger partial charge is 0.137 e. The maximum absolute atomic E-state index is 5.06. The highest BCUT2D eigenvalue weighted by Gasteiger charge is 2.10. The van der Waals surface area contributed by atoms with Gasteiger partial charge < -0.3 is 9.73 Å². The summed E-state index contributed by atoms with van der Waals surface area (Å²) in [4.78, 5) is 3.91. The van der Waals surface area contributed by atoms with Gasteiger partial charge >= 0.3 is 0 Å². The Hall–Kier alpha value is -1.62. The third kappa shape index (κ3) is 2.70. The van der Waals surface area contributed by atoms with Crippen LogP contribution in [-0.2, 0) is 6.54 Å². The van der Waals surface area contributed by atoms with E-state index in [1.807, 2.05) is 10.7 Å². The molecule has 5 nitrogen and oxygen atoms in total. The van der Waals surface area contributed by atoms with Gasteiger partial charge in [-0.15, -0.1) is 0 Å². The van der Waals surface area contributed by atoms with Crippen LogP contribution in [0.1, 0.15) is 25.5 Å². The van der Waals surface area contributed by atoms with Gasteiger partial charge in [0.15, 0.2) is 0 Å². The monoisotopic (exact) mass is 220 g/mol. The number of rotatable bonds is 5. The maximum Gasteiger partial charge on any atom is 0.137 e. The van der Waals surface area contributed by atoms with Crippen molar-refractivity contribution in [1.82, 2.24) is 20.1 Å². The van der Waals surface area contributed by atoms with Gasteiger partial charge in [0.1, 0.15) is 12.7 Å². The van der Waals surface area contributed by atoms with Gasteiger partial charge in [0.25, 0.3) is 0 Å². The first-order valence-electron chi connectivity index (χ1n) is 5.36. The number of hydrogen-bond donors (Lipinski definition) is 1. The van der Waals surface area contributed by atoms with Crippen molar-refractivity contribution in [3.8, 4) is 0 Å².